The Morgan fingerprint density at radius 3 is 2.24 bits per heavy atom. The lowest BCUT2D eigenvalue weighted by molar-refractivity contribution is 0.0662. The molecule has 0 atom stereocenters. The molecule has 0 saturated carbocycles. The molecule has 1 N–H and O–H groups in total. The molecular formula is C28H38N8O2. The van der Waals surface area contributed by atoms with Gasteiger partial charge in [0.05, 0.1) is 0 Å². The van der Waals surface area contributed by atoms with Gasteiger partial charge in [-0.25, -0.2) is 9.78 Å². The van der Waals surface area contributed by atoms with Crippen molar-refractivity contribution in [3.8, 4) is 0 Å². The van der Waals surface area contributed by atoms with Gasteiger partial charge >= 0.3 is 6.03 Å². The number of piperidine rings is 1. The second-order valence-corrected chi connectivity index (χ2v) is 10.4. The number of carbonyl (C=O) groups excluding carboxylic acids is 2. The van der Waals surface area contributed by atoms with Gasteiger partial charge in [0.25, 0.3) is 5.91 Å². The van der Waals surface area contributed by atoms with Gasteiger partial charge in [0.15, 0.2) is 0 Å². The molecule has 2 aliphatic heterocycles. The molecule has 2 fully saturated rings. The lowest BCUT2D eigenvalue weighted by Crippen LogP contribution is -2.51. The van der Waals surface area contributed by atoms with Crippen LogP contribution in [0.2, 0.25) is 0 Å². The van der Waals surface area contributed by atoms with Gasteiger partial charge in [0.1, 0.15) is 17.3 Å². The molecule has 0 bridgehead atoms. The fraction of sp³-hybridized carbons (Fsp3) is 0.500. The first kappa shape index (κ1) is 25.8. The largest absolute Gasteiger partial charge is 0.372 e. The van der Waals surface area contributed by atoms with Crippen LogP contribution >= 0.6 is 0 Å². The van der Waals surface area contributed by atoms with Crippen molar-refractivity contribution in [2.75, 3.05) is 49.5 Å². The fourth-order valence-corrected chi connectivity index (χ4v) is 5.47. The minimum atomic E-state index is -0.123. The zero-order valence-corrected chi connectivity index (χ0v) is 22.6. The Morgan fingerprint density at radius 2 is 1.63 bits per heavy atom. The molecule has 202 valence electrons. The van der Waals surface area contributed by atoms with E-state index in [1.165, 1.54) is 18.5 Å². The average Bonchev–Trinajstić information content (AvgIpc) is 3.51. The number of rotatable bonds is 6. The highest BCUT2D eigenvalue weighted by atomic mass is 16.2. The van der Waals surface area contributed by atoms with E-state index in [2.05, 4.69) is 32.4 Å². The number of urea groups is 1. The number of nitrogens with zero attached hydrogens (tertiary/aromatic N) is 7. The first-order valence-corrected chi connectivity index (χ1v) is 13.6. The van der Waals surface area contributed by atoms with Gasteiger partial charge < -0.3 is 24.6 Å². The molecule has 2 aromatic heterocycles. The summed E-state index contributed by atoms with van der Waals surface area (Å²) in [6, 6.07) is 11.7. The molecule has 0 aliphatic carbocycles. The lowest BCUT2D eigenvalue weighted by Gasteiger charge is -2.35. The molecule has 1 aromatic carbocycles. The summed E-state index contributed by atoms with van der Waals surface area (Å²) >= 11 is 0. The number of aryl methyl sites for hydroxylation is 4. The smallest absolute Gasteiger partial charge is 0.321 e. The van der Waals surface area contributed by atoms with E-state index in [1.807, 2.05) is 65.5 Å². The third-order valence-corrected chi connectivity index (χ3v) is 7.83. The minimum absolute atomic E-state index is 0.0116. The van der Waals surface area contributed by atoms with E-state index in [1.54, 1.807) is 4.90 Å². The zero-order chi connectivity index (χ0) is 26.6. The SMILES string of the molecule is Cc1nc(C)n(CCC2CCN(c3ccc(NC(=O)N4CCN(C(=O)c5cccn5C)CC4)cc3)CC2)n1. The number of amides is 3. The Kier molecular flexibility index (Phi) is 7.67. The number of aromatic nitrogens is 4. The molecule has 2 aliphatic rings. The molecule has 10 heteroatoms. The average molecular weight is 519 g/mol. The number of anilines is 2. The van der Waals surface area contributed by atoms with Crippen LogP contribution in [0.25, 0.3) is 0 Å². The molecular weight excluding hydrogens is 480 g/mol. The number of carbonyl (C=O) groups is 2. The van der Waals surface area contributed by atoms with Crippen molar-refractivity contribution in [3.05, 3.63) is 59.9 Å². The van der Waals surface area contributed by atoms with Crippen molar-refractivity contribution in [3.63, 3.8) is 0 Å². The monoisotopic (exact) mass is 518 g/mol. The number of nitrogens with one attached hydrogen (secondary N) is 1. The Labute approximate surface area is 224 Å². The first-order valence-electron chi connectivity index (χ1n) is 13.6. The van der Waals surface area contributed by atoms with Crippen LogP contribution in [-0.2, 0) is 13.6 Å². The van der Waals surface area contributed by atoms with Gasteiger partial charge in [-0.2, -0.15) is 5.10 Å². The predicted molar refractivity (Wildman–Crippen MR) is 147 cm³/mol. The zero-order valence-electron chi connectivity index (χ0n) is 22.6. The quantitative estimate of drug-likeness (QED) is 0.539. The lowest BCUT2D eigenvalue weighted by atomic mass is 9.93. The number of hydrogen-bond acceptors (Lipinski definition) is 5. The van der Waals surface area contributed by atoms with E-state index in [0.29, 0.717) is 37.8 Å². The van der Waals surface area contributed by atoms with E-state index >= 15 is 0 Å². The summed E-state index contributed by atoms with van der Waals surface area (Å²) in [5.41, 5.74) is 2.65. The first-order chi connectivity index (χ1) is 18.4. The second kappa shape index (κ2) is 11.3. The van der Waals surface area contributed by atoms with Crippen LogP contribution in [-0.4, -0.2) is 80.3 Å². The van der Waals surface area contributed by atoms with E-state index in [0.717, 1.165) is 43.4 Å². The Bertz CT molecular complexity index is 1250. The predicted octanol–water partition coefficient (Wildman–Crippen LogP) is 3.53. The maximum Gasteiger partial charge on any atom is 0.321 e. The third kappa shape index (κ3) is 5.84. The van der Waals surface area contributed by atoms with Crippen LogP contribution < -0.4 is 10.2 Å². The second-order valence-electron chi connectivity index (χ2n) is 10.4. The van der Waals surface area contributed by atoms with Crippen molar-refractivity contribution < 1.29 is 9.59 Å². The molecule has 5 rings (SSSR count). The maximum absolute atomic E-state index is 12.8. The number of hydrogen-bond donors (Lipinski definition) is 1. The van der Waals surface area contributed by atoms with Gasteiger partial charge in [-0.05, 0) is 75.4 Å². The third-order valence-electron chi connectivity index (χ3n) is 7.83. The van der Waals surface area contributed by atoms with Gasteiger partial charge in [0, 0.05) is 70.4 Å². The summed E-state index contributed by atoms with van der Waals surface area (Å²) in [6.07, 6.45) is 5.35. The highest BCUT2D eigenvalue weighted by Crippen LogP contribution is 2.27. The highest BCUT2D eigenvalue weighted by molar-refractivity contribution is 5.93. The molecule has 0 radical (unpaired) electrons. The maximum atomic E-state index is 12.8. The minimum Gasteiger partial charge on any atom is -0.372 e. The van der Waals surface area contributed by atoms with Crippen molar-refractivity contribution in [2.45, 2.75) is 39.7 Å². The highest BCUT2D eigenvalue weighted by Gasteiger charge is 2.26. The van der Waals surface area contributed by atoms with Gasteiger partial charge in [0.2, 0.25) is 0 Å². The van der Waals surface area contributed by atoms with Crippen LogP contribution in [0.4, 0.5) is 16.2 Å². The summed E-state index contributed by atoms with van der Waals surface area (Å²) in [4.78, 5) is 35.9. The van der Waals surface area contributed by atoms with Crippen molar-refractivity contribution >= 4 is 23.3 Å². The van der Waals surface area contributed by atoms with Crippen LogP contribution in [0.1, 0.15) is 41.4 Å². The normalized spacial score (nSPS) is 16.7. The summed E-state index contributed by atoms with van der Waals surface area (Å²) in [5.74, 6) is 2.55. The van der Waals surface area contributed by atoms with Gasteiger partial charge in [-0.15, -0.1) is 0 Å². The molecule has 2 saturated heterocycles. The molecule has 4 heterocycles. The Hall–Kier alpha value is -3.82. The summed E-state index contributed by atoms with van der Waals surface area (Å²) < 4.78 is 3.86. The van der Waals surface area contributed by atoms with E-state index in [-0.39, 0.29) is 11.9 Å². The summed E-state index contributed by atoms with van der Waals surface area (Å²) in [6.45, 7) is 9.07. The topological polar surface area (TPSA) is 91.5 Å². The molecule has 38 heavy (non-hydrogen) atoms. The van der Waals surface area contributed by atoms with Crippen molar-refractivity contribution in [2.24, 2.45) is 13.0 Å². The fourth-order valence-electron chi connectivity index (χ4n) is 5.47. The molecule has 3 aromatic rings. The number of piperazine rings is 1. The number of benzene rings is 1. The molecule has 0 unspecified atom stereocenters. The van der Waals surface area contributed by atoms with Gasteiger partial charge in [-0.3, -0.25) is 9.48 Å². The van der Waals surface area contributed by atoms with Crippen LogP contribution in [0.3, 0.4) is 0 Å². The van der Waals surface area contributed by atoms with E-state index in [9.17, 15) is 9.59 Å². The van der Waals surface area contributed by atoms with Crippen LogP contribution in [0, 0.1) is 19.8 Å². The van der Waals surface area contributed by atoms with Crippen LogP contribution in [0.5, 0.6) is 0 Å². The van der Waals surface area contributed by atoms with E-state index in [4.69, 9.17) is 0 Å². The Morgan fingerprint density at radius 1 is 0.947 bits per heavy atom. The summed E-state index contributed by atoms with van der Waals surface area (Å²) in [7, 11) is 1.87. The molecule has 10 nitrogen and oxygen atoms in total. The van der Waals surface area contributed by atoms with Gasteiger partial charge in [-0.1, -0.05) is 0 Å². The van der Waals surface area contributed by atoms with Crippen LogP contribution in [0.15, 0.2) is 42.6 Å². The van der Waals surface area contributed by atoms with E-state index < -0.39 is 0 Å². The summed E-state index contributed by atoms with van der Waals surface area (Å²) in [5, 5.41) is 7.50. The Balaban J connectivity index is 1.05. The molecule has 0 spiro atoms. The van der Waals surface area contributed by atoms with Crippen molar-refractivity contribution in [1.82, 2.24) is 29.1 Å². The standard InChI is InChI=1S/C28H38N8O2/c1-21-29-22(2)36(31-21)16-12-23-10-14-33(15-11-23)25-8-6-24(7-9-25)30-28(38)35-19-17-34(18-20-35)27(37)26-5-4-13-32(26)3/h4-9,13,23H,10-12,14-20H2,1-3H3,(H,30,38). The van der Waals surface area contributed by atoms with Crippen molar-refractivity contribution in [1.29, 1.82) is 0 Å². The molecule has 3 amide bonds.